The van der Waals surface area contributed by atoms with E-state index in [1.807, 2.05) is 50.8 Å². The highest BCUT2D eigenvalue weighted by Gasteiger charge is 2.32. The molecule has 0 spiro atoms. The molecular weight excluding hydrogens is 394 g/mol. The summed E-state index contributed by atoms with van der Waals surface area (Å²) >= 11 is 0. The number of nitriles is 1. The molecule has 0 saturated carbocycles. The number of benzene rings is 1. The lowest BCUT2D eigenvalue weighted by molar-refractivity contribution is 0.0216. The third-order valence-electron chi connectivity index (χ3n) is 5.07. The number of anilines is 1. The van der Waals surface area contributed by atoms with E-state index in [0.29, 0.717) is 42.3 Å². The molecule has 1 atom stereocenters. The summed E-state index contributed by atoms with van der Waals surface area (Å²) in [6.07, 6.45) is 1.39. The van der Waals surface area contributed by atoms with Gasteiger partial charge in [0.05, 0.1) is 17.3 Å². The molecule has 0 N–H and O–H groups in total. The van der Waals surface area contributed by atoms with E-state index in [2.05, 4.69) is 16.0 Å². The van der Waals surface area contributed by atoms with Crippen LogP contribution in [0.15, 0.2) is 40.9 Å². The standard InChI is InChI=1S/C23H25N5O3/c1-15-14-27(22(29)31-23(2,3)4)9-10-28(15)21-26-19-12-16(13-24)11-17(20(19)30-21)18-7-5-6-8-25-18/h5-8,11-12,15H,9-10,14H2,1-4H3. The number of nitrogens with zero attached hydrogens (tertiary/aromatic N) is 5. The van der Waals surface area contributed by atoms with Crippen molar-refractivity contribution in [2.24, 2.45) is 0 Å². The highest BCUT2D eigenvalue weighted by molar-refractivity contribution is 5.91. The summed E-state index contributed by atoms with van der Waals surface area (Å²) in [4.78, 5) is 25.2. The Kier molecular flexibility index (Phi) is 5.27. The molecule has 1 aliphatic rings. The minimum atomic E-state index is -0.530. The van der Waals surface area contributed by atoms with Crippen LogP contribution in [-0.4, -0.2) is 52.2 Å². The summed E-state index contributed by atoms with van der Waals surface area (Å²) in [6, 6.07) is 11.7. The molecule has 1 amide bonds. The number of piperazine rings is 1. The third-order valence-corrected chi connectivity index (χ3v) is 5.07. The molecule has 0 radical (unpaired) electrons. The summed E-state index contributed by atoms with van der Waals surface area (Å²) < 4.78 is 11.7. The Morgan fingerprint density at radius 2 is 2.10 bits per heavy atom. The molecule has 1 unspecified atom stereocenters. The smallest absolute Gasteiger partial charge is 0.410 e. The Bertz CT molecular complexity index is 1140. The zero-order valence-corrected chi connectivity index (χ0v) is 18.1. The highest BCUT2D eigenvalue weighted by atomic mass is 16.6. The number of ether oxygens (including phenoxy) is 1. The van der Waals surface area contributed by atoms with E-state index in [1.54, 1.807) is 23.2 Å². The van der Waals surface area contributed by atoms with Crippen molar-refractivity contribution < 1.29 is 13.9 Å². The maximum Gasteiger partial charge on any atom is 0.410 e. The quantitative estimate of drug-likeness (QED) is 0.614. The Labute approximate surface area is 181 Å². The molecule has 3 aromatic rings. The summed E-state index contributed by atoms with van der Waals surface area (Å²) in [5.74, 6) is 0. The predicted molar refractivity (Wildman–Crippen MR) is 117 cm³/mol. The molecule has 1 aliphatic heterocycles. The van der Waals surface area contributed by atoms with Gasteiger partial charge in [0.15, 0.2) is 5.58 Å². The van der Waals surface area contributed by atoms with Crippen LogP contribution in [0.3, 0.4) is 0 Å². The molecular formula is C23H25N5O3. The Morgan fingerprint density at radius 3 is 2.74 bits per heavy atom. The van der Waals surface area contributed by atoms with Crippen LogP contribution in [0.2, 0.25) is 0 Å². The van der Waals surface area contributed by atoms with Gasteiger partial charge in [0.1, 0.15) is 11.1 Å². The SMILES string of the molecule is CC1CN(C(=O)OC(C)(C)C)CCN1c1nc2cc(C#N)cc(-c3ccccn3)c2o1. The fourth-order valence-corrected chi connectivity index (χ4v) is 3.65. The lowest BCUT2D eigenvalue weighted by Gasteiger charge is -2.39. The van der Waals surface area contributed by atoms with Crippen molar-refractivity contribution in [1.29, 1.82) is 5.26 Å². The van der Waals surface area contributed by atoms with Crippen molar-refractivity contribution in [3.63, 3.8) is 0 Å². The van der Waals surface area contributed by atoms with Gasteiger partial charge in [-0.1, -0.05) is 6.07 Å². The molecule has 31 heavy (non-hydrogen) atoms. The van der Waals surface area contributed by atoms with E-state index in [1.165, 1.54) is 0 Å². The molecule has 1 fully saturated rings. The first-order valence-electron chi connectivity index (χ1n) is 10.3. The molecule has 1 saturated heterocycles. The van der Waals surface area contributed by atoms with Gasteiger partial charge in [-0.15, -0.1) is 0 Å². The third kappa shape index (κ3) is 4.31. The van der Waals surface area contributed by atoms with Crippen LogP contribution < -0.4 is 4.90 Å². The largest absolute Gasteiger partial charge is 0.444 e. The number of carbonyl (C=O) groups is 1. The van der Waals surface area contributed by atoms with E-state index < -0.39 is 5.60 Å². The summed E-state index contributed by atoms with van der Waals surface area (Å²) in [5, 5.41) is 9.44. The Balaban J connectivity index is 1.63. The van der Waals surface area contributed by atoms with Crippen molar-refractivity contribution in [3.05, 3.63) is 42.1 Å². The number of hydrogen-bond donors (Lipinski definition) is 0. The van der Waals surface area contributed by atoms with Crippen molar-refractivity contribution in [2.45, 2.75) is 39.3 Å². The number of rotatable bonds is 2. The van der Waals surface area contributed by atoms with E-state index in [-0.39, 0.29) is 12.1 Å². The molecule has 0 bridgehead atoms. The van der Waals surface area contributed by atoms with Crippen molar-refractivity contribution in [3.8, 4) is 17.3 Å². The zero-order valence-electron chi connectivity index (χ0n) is 18.1. The van der Waals surface area contributed by atoms with Gasteiger partial charge in [-0.2, -0.15) is 10.2 Å². The number of amides is 1. The minimum Gasteiger partial charge on any atom is -0.444 e. The van der Waals surface area contributed by atoms with Crippen LogP contribution in [0.5, 0.6) is 0 Å². The van der Waals surface area contributed by atoms with E-state index in [4.69, 9.17) is 9.15 Å². The van der Waals surface area contributed by atoms with Crippen LogP contribution in [0.4, 0.5) is 10.8 Å². The van der Waals surface area contributed by atoms with Gasteiger partial charge >= 0.3 is 6.09 Å². The number of carbonyl (C=O) groups excluding carboxylic acids is 1. The van der Waals surface area contributed by atoms with Gasteiger partial charge in [-0.05, 0) is 52.0 Å². The average Bonchev–Trinajstić information content (AvgIpc) is 3.16. The molecule has 1 aromatic carbocycles. The van der Waals surface area contributed by atoms with Gasteiger partial charge in [0.25, 0.3) is 6.01 Å². The highest BCUT2D eigenvalue weighted by Crippen LogP contribution is 2.33. The molecule has 4 rings (SSSR count). The number of hydrogen-bond acceptors (Lipinski definition) is 7. The van der Waals surface area contributed by atoms with E-state index in [9.17, 15) is 10.1 Å². The van der Waals surface area contributed by atoms with Crippen LogP contribution in [0.25, 0.3) is 22.4 Å². The topological polar surface area (TPSA) is 95.5 Å². The van der Waals surface area contributed by atoms with E-state index >= 15 is 0 Å². The first-order valence-corrected chi connectivity index (χ1v) is 10.3. The van der Waals surface area contributed by atoms with Crippen LogP contribution >= 0.6 is 0 Å². The number of fused-ring (bicyclic) bond motifs is 1. The fraction of sp³-hybridized carbons (Fsp3) is 0.391. The Morgan fingerprint density at radius 1 is 1.29 bits per heavy atom. The van der Waals surface area contributed by atoms with Gasteiger partial charge < -0.3 is 19.0 Å². The van der Waals surface area contributed by atoms with Gasteiger partial charge in [0.2, 0.25) is 0 Å². The maximum atomic E-state index is 12.4. The predicted octanol–water partition coefficient (Wildman–Crippen LogP) is 4.21. The second kappa shape index (κ2) is 7.91. The number of aromatic nitrogens is 2. The van der Waals surface area contributed by atoms with Gasteiger partial charge in [-0.3, -0.25) is 4.98 Å². The van der Waals surface area contributed by atoms with Crippen LogP contribution in [0, 0.1) is 11.3 Å². The molecule has 8 nitrogen and oxygen atoms in total. The molecule has 2 aromatic heterocycles. The van der Waals surface area contributed by atoms with Crippen LogP contribution in [0.1, 0.15) is 33.3 Å². The minimum absolute atomic E-state index is 0.0110. The van der Waals surface area contributed by atoms with Gasteiger partial charge in [0, 0.05) is 37.4 Å². The normalized spacial score (nSPS) is 16.9. The van der Waals surface area contributed by atoms with Crippen molar-refractivity contribution in [2.75, 3.05) is 24.5 Å². The average molecular weight is 419 g/mol. The number of oxazole rings is 1. The summed E-state index contributed by atoms with van der Waals surface area (Å²) in [7, 11) is 0. The second-order valence-electron chi connectivity index (χ2n) is 8.66. The van der Waals surface area contributed by atoms with Crippen molar-refractivity contribution in [1.82, 2.24) is 14.9 Å². The zero-order chi connectivity index (χ0) is 22.2. The van der Waals surface area contributed by atoms with Crippen LogP contribution in [-0.2, 0) is 4.74 Å². The summed E-state index contributed by atoms with van der Waals surface area (Å²) in [6.45, 7) is 9.18. The monoisotopic (exact) mass is 419 g/mol. The maximum absolute atomic E-state index is 12.4. The molecule has 0 aliphatic carbocycles. The van der Waals surface area contributed by atoms with E-state index in [0.717, 1.165) is 11.3 Å². The fourth-order valence-electron chi connectivity index (χ4n) is 3.65. The first-order chi connectivity index (χ1) is 14.7. The second-order valence-corrected chi connectivity index (χ2v) is 8.66. The lowest BCUT2D eigenvalue weighted by atomic mass is 10.1. The Hall–Kier alpha value is -3.60. The molecule has 160 valence electrons. The van der Waals surface area contributed by atoms with Gasteiger partial charge in [-0.25, -0.2) is 4.79 Å². The first kappa shape index (κ1) is 20.7. The molecule has 3 heterocycles. The molecule has 8 heteroatoms. The van der Waals surface area contributed by atoms with Crippen molar-refractivity contribution >= 4 is 23.2 Å². The number of pyridine rings is 1. The lowest BCUT2D eigenvalue weighted by Crippen LogP contribution is -2.54. The summed E-state index contributed by atoms with van der Waals surface area (Å²) in [5.41, 5.74) is 2.61.